The van der Waals surface area contributed by atoms with Crippen LogP contribution in [0.4, 0.5) is 26.3 Å². The van der Waals surface area contributed by atoms with Gasteiger partial charge in [0.05, 0.1) is 16.0 Å². The van der Waals surface area contributed by atoms with Crippen LogP contribution in [-0.4, -0.2) is 15.0 Å². The van der Waals surface area contributed by atoms with Gasteiger partial charge in [-0.3, -0.25) is 0 Å². The molecule has 3 nitrogen and oxygen atoms in total. The van der Waals surface area contributed by atoms with E-state index in [0.717, 1.165) is 5.56 Å². The lowest BCUT2D eigenvalue weighted by atomic mass is 10.1. The predicted molar refractivity (Wildman–Crippen MR) is 86.4 cm³/mol. The van der Waals surface area contributed by atoms with Crippen LogP contribution in [-0.2, 0) is 28.8 Å². The van der Waals surface area contributed by atoms with E-state index in [9.17, 15) is 34.8 Å². The van der Waals surface area contributed by atoms with Crippen LogP contribution in [0, 0.1) is 0 Å². The fourth-order valence-electron chi connectivity index (χ4n) is 2.31. The van der Waals surface area contributed by atoms with E-state index in [-0.39, 0.29) is 24.7 Å². The number of rotatable bonds is 6. The Hall–Kier alpha value is -2.07. The number of sulfonamides is 1. The Balaban J connectivity index is 2.18. The van der Waals surface area contributed by atoms with Crippen LogP contribution in [0.25, 0.3) is 0 Å². The van der Waals surface area contributed by atoms with Gasteiger partial charge in [-0.1, -0.05) is 30.3 Å². The zero-order valence-electron chi connectivity index (χ0n) is 13.7. The molecule has 10 heteroatoms. The Kier molecular flexibility index (Phi) is 6.21. The predicted octanol–water partition coefficient (Wildman–Crippen LogP) is 4.64. The summed E-state index contributed by atoms with van der Waals surface area (Å²) in [5, 5.41) is 0. The maximum absolute atomic E-state index is 12.8. The van der Waals surface area contributed by atoms with E-state index < -0.39 is 38.4 Å². The van der Waals surface area contributed by atoms with Gasteiger partial charge in [0.2, 0.25) is 10.0 Å². The molecule has 0 aliphatic carbocycles. The van der Waals surface area contributed by atoms with E-state index in [1.54, 1.807) is 18.2 Å². The van der Waals surface area contributed by atoms with Crippen molar-refractivity contribution < 1.29 is 34.8 Å². The second kappa shape index (κ2) is 7.89. The molecule has 1 N–H and O–H groups in total. The first-order chi connectivity index (χ1) is 12.4. The lowest BCUT2D eigenvalue weighted by Crippen LogP contribution is -2.26. The highest BCUT2D eigenvalue weighted by molar-refractivity contribution is 7.89. The number of hydrogen-bond acceptors (Lipinski definition) is 2. The molecule has 0 aliphatic rings. The average molecular weight is 411 g/mol. The number of benzene rings is 2. The SMILES string of the molecule is O=S(=O)(NCCCc1ccccc1)c1cc(C(F)(F)F)cc(C(F)(F)F)c1. The molecule has 148 valence electrons. The smallest absolute Gasteiger partial charge is 0.211 e. The van der Waals surface area contributed by atoms with Gasteiger partial charge < -0.3 is 0 Å². The first kappa shape index (κ1) is 21.2. The van der Waals surface area contributed by atoms with E-state index >= 15 is 0 Å². The summed E-state index contributed by atoms with van der Waals surface area (Å²) in [5.41, 5.74) is -2.43. The van der Waals surface area contributed by atoms with Crippen LogP contribution < -0.4 is 4.72 Å². The topological polar surface area (TPSA) is 46.2 Å². The quantitative estimate of drug-likeness (QED) is 0.556. The maximum atomic E-state index is 12.8. The summed E-state index contributed by atoms with van der Waals surface area (Å²) < 4.78 is 103. The molecule has 0 spiro atoms. The Bertz CT molecular complexity index is 844. The van der Waals surface area contributed by atoms with Crippen LogP contribution in [0.2, 0.25) is 0 Å². The summed E-state index contributed by atoms with van der Waals surface area (Å²) >= 11 is 0. The lowest BCUT2D eigenvalue weighted by molar-refractivity contribution is -0.143. The minimum absolute atomic E-state index is 0.117. The normalized spacial score (nSPS) is 13.0. The third kappa shape index (κ3) is 5.96. The lowest BCUT2D eigenvalue weighted by Gasteiger charge is -2.14. The molecule has 0 aliphatic heterocycles. The zero-order valence-corrected chi connectivity index (χ0v) is 14.5. The van der Waals surface area contributed by atoms with Gasteiger partial charge in [0.1, 0.15) is 0 Å². The van der Waals surface area contributed by atoms with Gasteiger partial charge in [-0.25, -0.2) is 13.1 Å². The number of alkyl halides is 6. The zero-order chi connectivity index (χ0) is 20.3. The van der Waals surface area contributed by atoms with Crippen molar-refractivity contribution in [3.8, 4) is 0 Å². The molecule has 0 saturated carbocycles. The second-order valence-electron chi connectivity index (χ2n) is 5.73. The van der Waals surface area contributed by atoms with Gasteiger partial charge in [-0.05, 0) is 36.6 Å². The maximum Gasteiger partial charge on any atom is 0.416 e. The van der Waals surface area contributed by atoms with E-state index in [4.69, 9.17) is 0 Å². The molecule has 2 aromatic rings. The summed E-state index contributed by atoms with van der Waals surface area (Å²) in [6, 6.07) is 9.28. The van der Waals surface area contributed by atoms with Crippen LogP contribution >= 0.6 is 0 Å². The van der Waals surface area contributed by atoms with E-state index in [1.165, 1.54) is 0 Å². The molecule has 0 saturated heterocycles. The summed E-state index contributed by atoms with van der Waals surface area (Å²) in [6.45, 7) is -0.130. The molecule has 2 aromatic carbocycles. The molecule has 0 unspecified atom stereocenters. The first-order valence-corrected chi connectivity index (χ1v) is 9.21. The minimum atomic E-state index is -5.11. The molecule has 0 bridgehead atoms. The van der Waals surface area contributed by atoms with Crippen LogP contribution in [0.5, 0.6) is 0 Å². The summed E-state index contributed by atoms with van der Waals surface area (Å²) in [7, 11) is -4.53. The Morgan fingerprint density at radius 3 is 1.81 bits per heavy atom. The largest absolute Gasteiger partial charge is 0.416 e. The number of hydrogen-bond donors (Lipinski definition) is 1. The molecule has 0 fully saturated rings. The van der Waals surface area contributed by atoms with Crippen LogP contribution in [0.1, 0.15) is 23.1 Å². The summed E-state index contributed by atoms with van der Waals surface area (Å²) in [6.07, 6.45) is -9.40. The van der Waals surface area contributed by atoms with Crippen molar-refractivity contribution in [1.29, 1.82) is 0 Å². The average Bonchev–Trinajstić information content (AvgIpc) is 2.58. The van der Waals surface area contributed by atoms with Gasteiger partial charge in [0.25, 0.3) is 0 Å². The highest BCUT2D eigenvalue weighted by atomic mass is 32.2. The van der Waals surface area contributed by atoms with Crippen molar-refractivity contribution in [3.63, 3.8) is 0 Å². The van der Waals surface area contributed by atoms with Crippen molar-refractivity contribution in [2.75, 3.05) is 6.54 Å². The van der Waals surface area contributed by atoms with Crippen LogP contribution in [0.3, 0.4) is 0 Å². The standard InChI is InChI=1S/C17H15F6NO2S/c18-16(19,20)13-9-14(17(21,22)23)11-15(10-13)27(25,26)24-8-4-7-12-5-2-1-3-6-12/h1-3,5-6,9-11,24H,4,7-8H2. The highest BCUT2D eigenvalue weighted by Crippen LogP contribution is 2.37. The van der Waals surface area contributed by atoms with E-state index in [0.29, 0.717) is 12.8 Å². The van der Waals surface area contributed by atoms with Gasteiger partial charge in [-0.15, -0.1) is 0 Å². The van der Waals surface area contributed by atoms with E-state index in [2.05, 4.69) is 0 Å². The van der Waals surface area contributed by atoms with Gasteiger partial charge in [-0.2, -0.15) is 26.3 Å². The summed E-state index contributed by atoms with van der Waals surface area (Å²) in [4.78, 5) is -1.08. The Morgan fingerprint density at radius 1 is 0.815 bits per heavy atom. The van der Waals surface area contributed by atoms with Crippen molar-refractivity contribution in [1.82, 2.24) is 4.72 Å². The monoisotopic (exact) mass is 411 g/mol. The molecule has 0 radical (unpaired) electrons. The van der Waals surface area contributed by atoms with Gasteiger partial charge >= 0.3 is 12.4 Å². The first-order valence-electron chi connectivity index (χ1n) is 7.73. The second-order valence-corrected chi connectivity index (χ2v) is 7.50. The third-order valence-electron chi connectivity index (χ3n) is 3.65. The van der Waals surface area contributed by atoms with Crippen molar-refractivity contribution in [2.24, 2.45) is 0 Å². The van der Waals surface area contributed by atoms with Crippen molar-refractivity contribution >= 4 is 10.0 Å². The minimum Gasteiger partial charge on any atom is -0.211 e. The highest BCUT2D eigenvalue weighted by Gasteiger charge is 2.38. The molecule has 0 aromatic heterocycles. The van der Waals surface area contributed by atoms with Gasteiger partial charge in [0.15, 0.2) is 0 Å². The third-order valence-corrected chi connectivity index (χ3v) is 5.09. The van der Waals surface area contributed by atoms with Crippen molar-refractivity contribution in [2.45, 2.75) is 30.1 Å². The number of aryl methyl sites for hydroxylation is 1. The fourth-order valence-corrected chi connectivity index (χ4v) is 3.45. The number of halogens is 6. The molecule has 0 heterocycles. The summed E-state index contributed by atoms with van der Waals surface area (Å²) in [5.74, 6) is 0. The van der Waals surface area contributed by atoms with E-state index in [1.807, 2.05) is 16.9 Å². The Labute approximate surface area is 152 Å². The fraction of sp³-hybridized carbons (Fsp3) is 0.294. The molecule has 27 heavy (non-hydrogen) atoms. The Morgan fingerprint density at radius 2 is 1.33 bits per heavy atom. The molecular formula is C17H15F6NO2S. The van der Waals surface area contributed by atoms with Crippen molar-refractivity contribution in [3.05, 3.63) is 65.2 Å². The van der Waals surface area contributed by atoms with Gasteiger partial charge in [0, 0.05) is 6.54 Å². The molecule has 0 atom stereocenters. The van der Waals surface area contributed by atoms with Crippen LogP contribution in [0.15, 0.2) is 53.4 Å². The molecule has 2 rings (SSSR count). The number of nitrogens with one attached hydrogen (secondary N) is 1. The molecular weight excluding hydrogens is 396 g/mol. The molecule has 0 amide bonds.